The number of amides is 1. The van der Waals surface area contributed by atoms with Crippen LogP contribution in [0.4, 0.5) is 0 Å². The van der Waals surface area contributed by atoms with Crippen LogP contribution in [0.5, 0.6) is 0 Å². The molecule has 35 heavy (non-hydrogen) atoms. The largest absolute Gasteiger partial charge is 0.337 e. The molecular formula is C27H34N4O3S. The summed E-state index contributed by atoms with van der Waals surface area (Å²) in [6.07, 6.45) is 2.76. The fourth-order valence-corrected chi connectivity index (χ4v) is 6.57. The molecule has 1 fully saturated rings. The minimum atomic E-state index is -3.65. The van der Waals surface area contributed by atoms with Crippen molar-refractivity contribution in [3.63, 3.8) is 0 Å². The number of rotatable bonds is 6. The topological polar surface area (TPSA) is 75.5 Å². The van der Waals surface area contributed by atoms with E-state index in [1.807, 2.05) is 56.6 Å². The zero-order valence-electron chi connectivity index (χ0n) is 21.2. The molecular weight excluding hydrogens is 460 g/mol. The summed E-state index contributed by atoms with van der Waals surface area (Å²) >= 11 is 0. The predicted octanol–water partition coefficient (Wildman–Crippen LogP) is 4.63. The van der Waals surface area contributed by atoms with Crippen molar-refractivity contribution in [2.24, 2.45) is 0 Å². The van der Waals surface area contributed by atoms with Crippen molar-refractivity contribution in [3.8, 4) is 5.69 Å². The Kier molecular flexibility index (Phi) is 7.15. The van der Waals surface area contributed by atoms with Crippen molar-refractivity contribution in [1.82, 2.24) is 19.0 Å². The second kappa shape index (κ2) is 9.95. The predicted molar refractivity (Wildman–Crippen MR) is 137 cm³/mol. The van der Waals surface area contributed by atoms with Crippen LogP contribution in [-0.4, -0.2) is 52.9 Å². The lowest BCUT2D eigenvalue weighted by atomic mass is 10.1. The van der Waals surface area contributed by atoms with E-state index in [4.69, 9.17) is 5.10 Å². The van der Waals surface area contributed by atoms with Crippen molar-refractivity contribution in [2.45, 2.75) is 64.4 Å². The molecule has 186 valence electrons. The Balaban J connectivity index is 1.57. The summed E-state index contributed by atoms with van der Waals surface area (Å²) in [5.74, 6) is -0.226. The number of hydrogen-bond donors (Lipinski definition) is 0. The normalized spacial score (nSPS) is 16.9. The van der Waals surface area contributed by atoms with Crippen LogP contribution >= 0.6 is 0 Å². The number of carbonyl (C=O) groups excluding carboxylic acids is 1. The molecule has 1 amide bonds. The third-order valence-corrected chi connectivity index (χ3v) is 8.97. The minimum Gasteiger partial charge on any atom is -0.337 e. The quantitative estimate of drug-likeness (QED) is 0.501. The van der Waals surface area contributed by atoms with Crippen LogP contribution in [0, 0.1) is 20.8 Å². The number of nitrogens with zero attached hydrogens (tertiary/aromatic N) is 4. The Labute approximate surface area is 208 Å². The molecule has 3 aromatic rings. The van der Waals surface area contributed by atoms with Gasteiger partial charge in [-0.2, -0.15) is 9.40 Å². The van der Waals surface area contributed by atoms with Crippen molar-refractivity contribution in [3.05, 3.63) is 76.6 Å². The summed E-state index contributed by atoms with van der Waals surface area (Å²) in [4.78, 5) is 15.1. The van der Waals surface area contributed by atoms with Gasteiger partial charge in [0.15, 0.2) is 0 Å². The van der Waals surface area contributed by atoms with E-state index in [-0.39, 0.29) is 16.8 Å². The summed E-state index contributed by atoms with van der Waals surface area (Å²) in [6, 6.07) is 14.4. The van der Waals surface area contributed by atoms with Crippen LogP contribution in [0.2, 0.25) is 0 Å². The van der Waals surface area contributed by atoms with Gasteiger partial charge in [0.1, 0.15) is 0 Å². The van der Waals surface area contributed by atoms with Crippen molar-refractivity contribution >= 4 is 15.9 Å². The highest BCUT2D eigenvalue weighted by Gasteiger charge is 2.31. The summed E-state index contributed by atoms with van der Waals surface area (Å²) in [5, 5.41) is 4.73. The van der Waals surface area contributed by atoms with Crippen molar-refractivity contribution < 1.29 is 13.2 Å². The molecule has 0 bridgehead atoms. The number of para-hydroxylation sites is 1. The first-order chi connectivity index (χ1) is 16.6. The first-order valence-electron chi connectivity index (χ1n) is 12.1. The number of piperidine rings is 1. The van der Waals surface area contributed by atoms with Gasteiger partial charge >= 0.3 is 0 Å². The lowest BCUT2D eigenvalue weighted by Gasteiger charge is -2.32. The van der Waals surface area contributed by atoms with Crippen LogP contribution < -0.4 is 0 Å². The van der Waals surface area contributed by atoms with Gasteiger partial charge in [-0.05, 0) is 70.4 Å². The maximum Gasteiger partial charge on any atom is 0.253 e. The molecule has 7 nitrogen and oxygen atoms in total. The molecule has 2 heterocycles. The monoisotopic (exact) mass is 494 g/mol. The minimum absolute atomic E-state index is 0.0356. The van der Waals surface area contributed by atoms with Crippen molar-refractivity contribution in [2.75, 3.05) is 13.6 Å². The fourth-order valence-electron chi connectivity index (χ4n) is 4.82. The zero-order valence-corrected chi connectivity index (χ0v) is 22.0. The number of hydrogen-bond acceptors (Lipinski definition) is 4. The number of aryl methyl sites for hydroxylation is 2. The number of benzene rings is 2. The third-order valence-electron chi connectivity index (χ3n) is 6.96. The van der Waals surface area contributed by atoms with Crippen LogP contribution in [0.25, 0.3) is 5.69 Å². The molecule has 1 aromatic heterocycles. The maximum absolute atomic E-state index is 13.3. The zero-order chi connectivity index (χ0) is 25.3. The van der Waals surface area contributed by atoms with Gasteiger partial charge in [0, 0.05) is 43.0 Å². The van der Waals surface area contributed by atoms with Crippen LogP contribution in [-0.2, 0) is 16.6 Å². The number of carbonyl (C=O) groups is 1. The molecule has 8 heteroatoms. The van der Waals surface area contributed by atoms with E-state index in [0.717, 1.165) is 47.5 Å². The molecule has 4 rings (SSSR count). The molecule has 0 spiro atoms. The molecule has 1 atom stereocenters. The van der Waals surface area contributed by atoms with Gasteiger partial charge in [-0.3, -0.25) is 4.79 Å². The molecule has 1 aliphatic heterocycles. The smallest absolute Gasteiger partial charge is 0.253 e. The van der Waals surface area contributed by atoms with Crippen molar-refractivity contribution in [1.29, 1.82) is 0 Å². The summed E-state index contributed by atoms with van der Waals surface area (Å²) in [6.45, 7) is 8.84. The molecule has 2 aromatic carbocycles. The Morgan fingerprint density at radius 2 is 1.83 bits per heavy atom. The van der Waals surface area contributed by atoms with Gasteiger partial charge in [0.05, 0.1) is 16.3 Å². The summed E-state index contributed by atoms with van der Waals surface area (Å²) in [7, 11) is -1.91. The Bertz CT molecular complexity index is 1350. The summed E-state index contributed by atoms with van der Waals surface area (Å²) in [5.41, 5.74) is 5.32. The molecule has 0 aliphatic carbocycles. The van der Waals surface area contributed by atoms with Gasteiger partial charge in [0.25, 0.3) is 5.91 Å². The van der Waals surface area contributed by atoms with E-state index in [1.165, 1.54) is 6.07 Å². The molecule has 0 N–H and O–H groups in total. The third kappa shape index (κ3) is 4.90. The second-order valence-electron chi connectivity index (χ2n) is 9.50. The second-order valence-corrected chi connectivity index (χ2v) is 11.4. The van der Waals surface area contributed by atoms with E-state index in [1.54, 1.807) is 34.5 Å². The van der Waals surface area contributed by atoms with Crippen LogP contribution in [0.1, 0.15) is 59.1 Å². The molecule has 1 saturated heterocycles. The molecule has 1 unspecified atom stereocenters. The Hall–Kier alpha value is -2.97. The van der Waals surface area contributed by atoms with E-state index < -0.39 is 10.0 Å². The molecule has 1 aliphatic rings. The molecule has 0 saturated carbocycles. The van der Waals surface area contributed by atoms with Crippen LogP contribution in [0.3, 0.4) is 0 Å². The molecule has 0 radical (unpaired) electrons. The average Bonchev–Trinajstić information content (AvgIpc) is 3.12. The van der Waals surface area contributed by atoms with Gasteiger partial charge in [-0.1, -0.05) is 30.7 Å². The lowest BCUT2D eigenvalue weighted by molar-refractivity contribution is 0.0784. The van der Waals surface area contributed by atoms with E-state index in [9.17, 15) is 13.2 Å². The average molecular weight is 495 g/mol. The highest BCUT2D eigenvalue weighted by molar-refractivity contribution is 7.89. The van der Waals surface area contributed by atoms with Gasteiger partial charge < -0.3 is 4.90 Å². The first-order valence-corrected chi connectivity index (χ1v) is 13.5. The standard InChI is InChI=1S/C27H34N4O3S/c1-19-11-6-7-15-26(19)31-22(4)25(21(3)28-31)18-29(5)27(32)23-13-10-14-24(17-23)35(33,34)30-16-9-8-12-20(30)2/h6-7,10-11,13-15,17,20H,8-9,12,16,18H2,1-5H3. The van der Waals surface area contributed by atoms with Gasteiger partial charge in [-0.15, -0.1) is 0 Å². The lowest BCUT2D eigenvalue weighted by Crippen LogP contribution is -2.42. The first kappa shape index (κ1) is 25.1. The van der Waals surface area contributed by atoms with E-state index >= 15 is 0 Å². The fraction of sp³-hybridized carbons (Fsp3) is 0.407. The van der Waals surface area contributed by atoms with Gasteiger partial charge in [-0.25, -0.2) is 13.1 Å². The summed E-state index contributed by atoms with van der Waals surface area (Å²) < 4.78 is 30.0. The maximum atomic E-state index is 13.3. The highest BCUT2D eigenvalue weighted by atomic mass is 32.2. The van der Waals surface area contributed by atoms with Crippen LogP contribution in [0.15, 0.2) is 53.4 Å². The Morgan fingerprint density at radius 1 is 1.09 bits per heavy atom. The highest BCUT2D eigenvalue weighted by Crippen LogP contribution is 2.26. The Morgan fingerprint density at radius 3 is 2.54 bits per heavy atom. The SMILES string of the molecule is Cc1ccccc1-n1nc(C)c(CN(C)C(=O)c2cccc(S(=O)(=O)N3CCCCC3C)c2)c1C. The number of aromatic nitrogens is 2. The van der Waals surface area contributed by atoms with E-state index in [0.29, 0.717) is 18.7 Å². The number of sulfonamides is 1. The van der Waals surface area contributed by atoms with E-state index in [2.05, 4.69) is 0 Å². The van der Waals surface area contributed by atoms with Gasteiger partial charge in [0.2, 0.25) is 10.0 Å².